The lowest BCUT2D eigenvalue weighted by Gasteiger charge is -2.21. The molecule has 2 fully saturated rings. The van der Waals surface area contributed by atoms with E-state index in [0.717, 1.165) is 11.3 Å². The third-order valence-corrected chi connectivity index (χ3v) is 5.10. The fourth-order valence-electron chi connectivity index (χ4n) is 3.17. The van der Waals surface area contributed by atoms with E-state index in [9.17, 15) is 14.9 Å². The lowest BCUT2D eigenvalue weighted by atomic mass is 10.1. The first-order valence-corrected chi connectivity index (χ1v) is 9.13. The molecule has 3 rings (SSSR count). The molecule has 11 heteroatoms. The van der Waals surface area contributed by atoms with E-state index in [1.165, 1.54) is 18.2 Å². The Bertz CT molecular complexity index is 775. The van der Waals surface area contributed by atoms with Gasteiger partial charge in [0.25, 0.3) is 5.96 Å². The molecule has 9 nitrogen and oxygen atoms in total. The number of hydrazone groups is 1. The Morgan fingerprint density at radius 1 is 1.41 bits per heavy atom. The molecule has 2 unspecified atom stereocenters. The standard InChI is InChI=1S/C16H18Cl2N4O5/c1-10-6-11(9-26-10)8-20-4-5-21(15(20)19-22(24)25)16(23)27-12-2-3-13(17)14(18)7-12/h2-3,7,10-11H,4-6,8-9H2,1H3. The van der Waals surface area contributed by atoms with Crippen LogP contribution < -0.4 is 4.74 Å². The number of nitro groups is 1. The fraction of sp³-hybridized carbons (Fsp3) is 0.500. The summed E-state index contributed by atoms with van der Waals surface area (Å²) in [4.78, 5) is 26.3. The molecular weight excluding hydrogens is 399 g/mol. The van der Waals surface area contributed by atoms with E-state index in [0.29, 0.717) is 24.7 Å². The first-order chi connectivity index (χ1) is 12.8. The van der Waals surface area contributed by atoms with Crippen molar-refractivity contribution in [3.05, 3.63) is 38.4 Å². The Morgan fingerprint density at radius 3 is 2.81 bits per heavy atom. The number of hydrogen-bond acceptors (Lipinski definition) is 5. The number of amides is 1. The molecule has 0 aromatic heterocycles. The normalized spacial score (nSPS) is 23.9. The Labute approximate surface area is 165 Å². The zero-order chi connectivity index (χ0) is 19.6. The van der Waals surface area contributed by atoms with Crippen molar-refractivity contribution >= 4 is 35.3 Å². The molecule has 1 amide bonds. The molecule has 0 spiro atoms. The van der Waals surface area contributed by atoms with E-state index in [1.54, 1.807) is 4.90 Å². The molecule has 27 heavy (non-hydrogen) atoms. The number of carbonyl (C=O) groups excluding carboxylic acids is 1. The average molecular weight is 417 g/mol. The van der Waals surface area contributed by atoms with Crippen molar-refractivity contribution in [3.63, 3.8) is 0 Å². The van der Waals surface area contributed by atoms with E-state index in [4.69, 9.17) is 32.7 Å². The number of guanidine groups is 1. The van der Waals surface area contributed by atoms with Crippen molar-refractivity contribution < 1.29 is 19.3 Å². The maximum absolute atomic E-state index is 12.5. The highest BCUT2D eigenvalue weighted by atomic mass is 35.5. The molecule has 0 bridgehead atoms. The molecule has 0 aliphatic carbocycles. The van der Waals surface area contributed by atoms with Gasteiger partial charge in [0.15, 0.2) is 5.03 Å². The van der Waals surface area contributed by atoms with E-state index in [-0.39, 0.29) is 35.3 Å². The molecule has 0 radical (unpaired) electrons. The van der Waals surface area contributed by atoms with Crippen LogP contribution in [-0.4, -0.2) is 59.2 Å². The van der Waals surface area contributed by atoms with Gasteiger partial charge >= 0.3 is 6.09 Å². The maximum Gasteiger partial charge on any atom is 0.422 e. The minimum atomic E-state index is -0.819. The first kappa shape index (κ1) is 19.7. The van der Waals surface area contributed by atoms with Crippen LogP contribution in [0.4, 0.5) is 4.79 Å². The Hall–Kier alpha value is -2.10. The zero-order valence-corrected chi connectivity index (χ0v) is 16.0. The number of benzene rings is 1. The van der Waals surface area contributed by atoms with Gasteiger partial charge in [0.2, 0.25) is 0 Å². The third-order valence-electron chi connectivity index (χ3n) is 4.37. The predicted octanol–water partition coefficient (Wildman–Crippen LogP) is 3.08. The van der Waals surface area contributed by atoms with Crippen LogP contribution >= 0.6 is 23.2 Å². The molecule has 2 heterocycles. The topological polar surface area (TPSA) is 97.5 Å². The summed E-state index contributed by atoms with van der Waals surface area (Å²) in [6.45, 7) is 3.74. The zero-order valence-electron chi connectivity index (χ0n) is 14.5. The van der Waals surface area contributed by atoms with Crippen LogP contribution in [0.15, 0.2) is 23.3 Å². The van der Waals surface area contributed by atoms with Gasteiger partial charge in [0, 0.05) is 25.1 Å². The van der Waals surface area contributed by atoms with E-state index in [2.05, 4.69) is 5.10 Å². The van der Waals surface area contributed by atoms with Crippen molar-refractivity contribution in [1.82, 2.24) is 9.80 Å². The molecule has 1 aromatic rings. The van der Waals surface area contributed by atoms with E-state index >= 15 is 0 Å². The highest BCUT2D eigenvalue weighted by Gasteiger charge is 2.37. The highest BCUT2D eigenvalue weighted by molar-refractivity contribution is 6.42. The van der Waals surface area contributed by atoms with Gasteiger partial charge in [-0.1, -0.05) is 23.2 Å². The second-order valence-electron chi connectivity index (χ2n) is 6.43. The number of halogens is 2. The van der Waals surface area contributed by atoms with Crippen LogP contribution in [-0.2, 0) is 4.74 Å². The Morgan fingerprint density at radius 2 is 2.19 bits per heavy atom. The second kappa shape index (κ2) is 8.28. The first-order valence-electron chi connectivity index (χ1n) is 8.37. The molecule has 2 aliphatic heterocycles. The van der Waals surface area contributed by atoms with Crippen LogP contribution in [0.25, 0.3) is 0 Å². The summed E-state index contributed by atoms with van der Waals surface area (Å²) in [6.07, 6.45) is 0.243. The number of hydrogen-bond donors (Lipinski definition) is 0. The van der Waals surface area contributed by atoms with Gasteiger partial charge < -0.3 is 14.4 Å². The summed E-state index contributed by atoms with van der Waals surface area (Å²) in [5.41, 5.74) is 0. The second-order valence-corrected chi connectivity index (χ2v) is 7.24. The molecular formula is C16H18Cl2N4O5. The van der Waals surface area contributed by atoms with Gasteiger partial charge in [-0.15, -0.1) is 0 Å². The maximum atomic E-state index is 12.5. The molecule has 146 valence electrons. The van der Waals surface area contributed by atoms with Gasteiger partial charge in [-0.05, 0) is 25.5 Å². The van der Waals surface area contributed by atoms with Crippen molar-refractivity contribution in [1.29, 1.82) is 0 Å². The molecule has 2 aliphatic rings. The van der Waals surface area contributed by atoms with Gasteiger partial charge in [-0.3, -0.25) is 0 Å². The van der Waals surface area contributed by atoms with Crippen LogP contribution in [0.5, 0.6) is 5.75 Å². The summed E-state index contributed by atoms with van der Waals surface area (Å²) in [7, 11) is 0. The molecule has 2 atom stereocenters. The smallest absolute Gasteiger partial charge is 0.410 e. The van der Waals surface area contributed by atoms with Crippen molar-refractivity contribution in [3.8, 4) is 5.75 Å². The minimum Gasteiger partial charge on any atom is -0.410 e. The summed E-state index contributed by atoms with van der Waals surface area (Å²) in [5.74, 6) is 0.374. The van der Waals surface area contributed by atoms with Crippen LogP contribution in [0, 0.1) is 16.0 Å². The van der Waals surface area contributed by atoms with Crippen LogP contribution in [0.1, 0.15) is 13.3 Å². The Balaban J connectivity index is 1.72. The number of carbonyl (C=O) groups is 1. The van der Waals surface area contributed by atoms with Gasteiger partial charge in [0.1, 0.15) is 10.9 Å². The molecule has 0 saturated carbocycles. The molecule has 2 saturated heterocycles. The van der Waals surface area contributed by atoms with Crippen LogP contribution in [0.3, 0.4) is 0 Å². The summed E-state index contributed by atoms with van der Waals surface area (Å²) >= 11 is 11.8. The SMILES string of the molecule is CC1CC(CN2CCN(C(=O)Oc3ccc(Cl)c(Cl)c3)C2=N[N+](=O)[O-])CO1. The van der Waals surface area contributed by atoms with Gasteiger partial charge in [0.05, 0.1) is 29.3 Å². The van der Waals surface area contributed by atoms with Gasteiger partial charge in [-0.25, -0.2) is 19.8 Å². The molecule has 1 aromatic carbocycles. The lowest BCUT2D eigenvalue weighted by molar-refractivity contribution is -0.486. The number of rotatable bonds is 4. The largest absolute Gasteiger partial charge is 0.422 e. The third kappa shape index (κ3) is 4.79. The predicted molar refractivity (Wildman–Crippen MR) is 98.7 cm³/mol. The Kier molecular flexibility index (Phi) is 6.03. The summed E-state index contributed by atoms with van der Waals surface area (Å²) < 4.78 is 10.8. The minimum absolute atomic E-state index is 0.0374. The van der Waals surface area contributed by atoms with Crippen molar-refractivity contribution in [2.24, 2.45) is 11.0 Å². The van der Waals surface area contributed by atoms with E-state index in [1.807, 2.05) is 6.92 Å². The average Bonchev–Trinajstić information content (AvgIpc) is 3.17. The van der Waals surface area contributed by atoms with Crippen molar-refractivity contribution in [2.75, 3.05) is 26.2 Å². The summed E-state index contributed by atoms with van der Waals surface area (Å²) in [6, 6.07) is 4.38. The fourth-order valence-corrected chi connectivity index (χ4v) is 3.46. The quantitative estimate of drug-likeness (QED) is 0.552. The number of ether oxygens (including phenoxy) is 2. The summed E-state index contributed by atoms with van der Waals surface area (Å²) in [5, 5.41) is 14.1. The lowest BCUT2D eigenvalue weighted by Crippen LogP contribution is -2.41. The van der Waals surface area contributed by atoms with Gasteiger partial charge in [-0.2, -0.15) is 0 Å². The monoisotopic (exact) mass is 416 g/mol. The van der Waals surface area contributed by atoms with Crippen molar-refractivity contribution in [2.45, 2.75) is 19.4 Å². The molecule has 0 N–H and O–H groups in total. The van der Waals surface area contributed by atoms with Crippen LogP contribution in [0.2, 0.25) is 10.0 Å². The van der Waals surface area contributed by atoms with E-state index < -0.39 is 11.1 Å². The number of nitrogens with zero attached hydrogens (tertiary/aromatic N) is 4. The highest BCUT2D eigenvalue weighted by Crippen LogP contribution is 2.27.